The van der Waals surface area contributed by atoms with Crippen LogP contribution in [0.5, 0.6) is 0 Å². The predicted molar refractivity (Wildman–Crippen MR) is 108 cm³/mol. The Hall–Kier alpha value is -0.550. The summed E-state index contributed by atoms with van der Waals surface area (Å²) >= 11 is 1.78. The van der Waals surface area contributed by atoms with Gasteiger partial charge in [0.2, 0.25) is 0 Å². The van der Waals surface area contributed by atoms with Crippen LogP contribution < -0.4 is 0 Å². The maximum atomic E-state index is 12.2. The van der Waals surface area contributed by atoms with Crippen molar-refractivity contribution in [1.29, 1.82) is 0 Å². The van der Waals surface area contributed by atoms with Crippen LogP contribution in [0.3, 0.4) is 0 Å². The highest BCUT2D eigenvalue weighted by Gasteiger charge is 2.34. The highest BCUT2D eigenvalue weighted by atomic mass is 32.2. The van der Waals surface area contributed by atoms with Crippen molar-refractivity contribution in [2.45, 2.75) is 102 Å². The number of hydrogen-bond acceptors (Lipinski definition) is 5. The third-order valence-electron chi connectivity index (χ3n) is 5.13. The molecule has 0 aromatic rings. The number of aliphatic hydroxyl groups is 1. The number of unbranched alkanes of at least 4 members (excludes halogenated alkanes) is 5. The first-order valence-corrected chi connectivity index (χ1v) is 11.6. The van der Waals surface area contributed by atoms with Crippen molar-refractivity contribution in [2.24, 2.45) is 5.92 Å². The molecule has 1 fully saturated rings. The lowest BCUT2D eigenvalue weighted by atomic mass is 9.98. The fraction of sp³-hybridized carbons (Fsp3) is 0.905. The molecule has 3 atom stereocenters. The molecule has 1 aliphatic carbocycles. The van der Waals surface area contributed by atoms with Crippen LogP contribution in [-0.4, -0.2) is 40.6 Å². The summed E-state index contributed by atoms with van der Waals surface area (Å²) in [5.74, 6) is 1.08. The van der Waals surface area contributed by atoms with Crippen molar-refractivity contribution < 1.29 is 19.4 Å². The van der Waals surface area contributed by atoms with Gasteiger partial charge < -0.3 is 9.84 Å². The van der Waals surface area contributed by atoms with Gasteiger partial charge in [0.05, 0.1) is 12.7 Å². The quantitative estimate of drug-likeness (QED) is 0.320. The Balaban J connectivity index is 2.19. The Labute approximate surface area is 163 Å². The molecule has 1 rings (SSSR count). The average molecular weight is 387 g/mol. The lowest BCUT2D eigenvalue weighted by Crippen LogP contribution is -2.20. The van der Waals surface area contributed by atoms with Crippen molar-refractivity contribution in [1.82, 2.24) is 0 Å². The van der Waals surface area contributed by atoms with Crippen LogP contribution in [0.15, 0.2) is 0 Å². The summed E-state index contributed by atoms with van der Waals surface area (Å²) in [7, 11) is 0. The molecule has 26 heavy (non-hydrogen) atoms. The molecule has 0 radical (unpaired) electrons. The third kappa shape index (κ3) is 9.96. The zero-order valence-electron chi connectivity index (χ0n) is 16.7. The normalized spacial score (nSPS) is 21.1. The number of rotatable bonds is 15. The molecule has 0 aromatic heterocycles. The van der Waals surface area contributed by atoms with Gasteiger partial charge in [0.25, 0.3) is 0 Å². The number of esters is 1. The number of ether oxygens (including phenoxy) is 1. The lowest BCUT2D eigenvalue weighted by molar-refractivity contribution is -0.143. The molecule has 0 spiro atoms. The van der Waals surface area contributed by atoms with Crippen molar-refractivity contribution in [3.8, 4) is 0 Å². The first-order valence-electron chi connectivity index (χ1n) is 10.6. The van der Waals surface area contributed by atoms with E-state index in [0.29, 0.717) is 30.5 Å². The lowest BCUT2D eigenvalue weighted by Gasteiger charge is -2.19. The van der Waals surface area contributed by atoms with E-state index in [4.69, 9.17) is 4.74 Å². The molecule has 1 aliphatic rings. The number of aliphatic hydroxyl groups excluding tert-OH is 1. The van der Waals surface area contributed by atoms with Gasteiger partial charge in [-0.05, 0) is 32.6 Å². The van der Waals surface area contributed by atoms with E-state index >= 15 is 0 Å². The van der Waals surface area contributed by atoms with Crippen LogP contribution in [0.4, 0.5) is 0 Å². The minimum Gasteiger partial charge on any atom is -0.466 e. The minimum absolute atomic E-state index is 0.110. The molecular weight excluding hydrogens is 348 g/mol. The van der Waals surface area contributed by atoms with E-state index < -0.39 is 0 Å². The summed E-state index contributed by atoms with van der Waals surface area (Å²) in [6.07, 6.45) is 11.3. The van der Waals surface area contributed by atoms with Crippen LogP contribution in [0.2, 0.25) is 0 Å². The molecule has 0 amide bonds. The van der Waals surface area contributed by atoms with Gasteiger partial charge in [0.15, 0.2) is 0 Å². The molecule has 0 bridgehead atoms. The first-order chi connectivity index (χ1) is 12.6. The smallest absolute Gasteiger partial charge is 0.305 e. The Kier molecular flexibility index (Phi) is 13.1. The summed E-state index contributed by atoms with van der Waals surface area (Å²) in [5, 5.41) is 10.5. The van der Waals surface area contributed by atoms with Gasteiger partial charge in [-0.2, -0.15) is 11.8 Å². The van der Waals surface area contributed by atoms with Gasteiger partial charge in [-0.3, -0.25) is 9.59 Å². The summed E-state index contributed by atoms with van der Waals surface area (Å²) in [6, 6.07) is 0. The number of carbonyl (C=O) groups is 2. The van der Waals surface area contributed by atoms with Crippen LogP contribution in [-0.2, 0) is 14.3 Å². The van der Waals surface area contributed by atoms with E-state index in [1.54, 1.807) is 11.8 Å². The molecule has 0 heterocycles. The molecule has 152 valence electrons. The van der Waals surface area contributed by atoms with E-state index in [0.717, 1.165) is 44.3 Å². The zero-order chi connectivity index (χ0) is 19.2. The molecule has 0 aromatic carbocycles. The number of thioether (sulfide) groups is 1. The Morgan fingerprint density at radius 2 is 1.96 bits per heavy atom. The fourth-order valence-electron chi connectivity index (χ4n) is 3.59. The van der Waals surface area contributed by atoms with E-state index in [2.05, 4.69) is 6.92 Å². The second-order valence-electron chi connectivity index (χ2n) is 7.39. The van der Waals surface area contributed by atoms with Crippen molar-refractivity contribution in [3.63, 3.8) is 0 Å². The Morgan fingerprint density at radius 3 is 2.69 bits per heavy atom. The topological polar surface area (TPSA) is 63.6 Å². The van der Waals surface area contributed by atoms with Gasteiger partial charge in [0, 0.05) is 29.8 Å². The summed E-state index contributed by atoms with van der Waals surface area (Å²) in [6.45, 7) is 4.46. The van der Waals surface area contributed by atoms with Gasteiger partial charge in [-0.25, -0.2) is 0 Å². The predicted octanol–water partition coefficient (Wildman–Crippen LogP) is 4.91. The monoisotopic (exact) mass is 386 g/mol. The van der Waals surface area contributed by atoms with Crippen LogP contribution >= 0.6 is 11.8 Å². The second-order valence-corrected chi connectivity index (χ2v) is 8.66. The molecule has 0 saturated heterocycles. The molecular formula is C21H38O4S. The summed E-state index contributed by atoms with van der Waals surface area (Å²) < 4.78 is 4.94. The number of Topliss-reactive ketones (excluding diaryl/α,β-unsaturated/α-hetero) is 1. The number of hydrogen-bond donors (Lipinski definition) is 1. The van der Waals surface area contributed by atoms with Crippen LogP contribution in [0, 0.1) is 5.92 Å². The molecule has 1 N–H and O–H groups in total. The SMILES string of the molecule is CCCCCCCC(O)CSC1CCC(=O)C1CCCCC(=O)OCC. The van der Waals surface area contributed by atoms with E-state index in [-0.39, 0.29) is 18.0 Å². The molecule has 3 unspecified atom stereocenters. The minimum atomic E-state index is -0.248. The number of carbonyl (C=O) groups excluding carboxylic acids is 2. The maximum absolute atomic E-state index is 12.2. The molecule has 4 nitrogen and oxygen atoms in total. The van der Waals surface area contributed by atoms with E-state index in [9.17, 15) is 14.7 Å². The average Bonchev–Trinajstić information content (AvgIpc) is 2.97. The highest BCUT2D eigenvalue weighted by Crippen LogP contribution is 2.36. The standard InChI is InChI=1S/C21H38O4S/c1-3-5-6-7-8-11-17(22)16-26-20-15-14-19(23)18(20)12-9-10-13-21(24)25-4-2/h17-18,20,22H,3-16H2,1-2H3. The van der Waals surface area contributed by atoms with E-state index in [1.165, 1.54) is 25.7 Å². The van der Waals surface area contributed by atoms with Crippen molar-refractivity contribution in [2.75, 3.05) is 12.4 Å². The van der Waals surface area contributed by atoms with Crippen molar-refractivity contribution in [3.05, 3.63) is 0 Å². The van der Waals surface area contributed by atoms with Gasteiger partial charge in [0.1, 0.15) is 5.78 Å². The van der Waals surface area contributed by atoms with Gasteiger partial charge >= 0.3 is 5.97 Å². The third-order valence-corrected chi connectivity index (χ3v) is 6.70. The van der Waals surface area contributed by atoms with Crippen LogP contribution in [0.25, 0.3) is 0 Å². The Bertz CT molecular complexity index is 399. The van der Waals surface area contributed by atoms with Crippen LogP contribution in [0.1, 0.15) is 90.9 Å². The maximum Gasteiger partial charge on any atom is 0.305 e. The van der Waals surface area contributed by atoms with Gasteiger partial charge in [-0.1, -0.05) is 45.4 Å². The molecule has 0 aliphatic heterocycles. The zero-order valence-corrected chi connectivity index (χ0v) is 17.5. The molecule has 1 saturated carbocycles. The summed E-state index contributed by atoms with van der Waals surface area (Å²) in [4.78, 5) is 23.5. The van der Waals surface area contributed by atoms with E-state index in [1.807, 2.05) is 6.92 Å². The fourth-order valence-corrected chi connectivity index (χ4v) is 5.03. The number of ketones is 1. The second kappa shape index (κ2) is 14.5. The first kappa shape index (κ1) is 23.5. The van der Waals surface area contributed by atoms with Crippen molar-refractivity contribution >= 4 is 23.5 Å². The molecule has 5 heteroatoms. The highest BCUT2D eigenvalue weighted by molar-refractivity contribution is 8.00. The summed E-state index contributed by atoms with van der Waals surface area (Å²) in [5.41, 5.74) is 0. The Morgan fingerprint density at radius 1 is 1.19 bits per heavy atom. The largest absolute Gasteiger partial charge is 0.466 e. The van der Waals surface area contributed by atoms with Gasteiger partial charge in [-0.15, -0.1) is 0 Å².